The molecule has 1 unspecified atom stereocenters. The van der Waals surface area contributed by atoms with Gasteiger partial charge in [0.25, 0.3) is 0 Å². The van der Waals surface area contributed by atoms with Gasteiger partial charge in [-0.25, -0.2) is 4.79 Å². The van der Waals surface area contributed by atoms with Gasteiger partial charge >= 0.3 is 12.0 Å². The lowest BCUT2D eigenvalue weighted by Gasteiger charge is -2.32. The van der Waals surface area contributed by atoms with E-state index in [0.29, 0.717) is 18.9 Å². The van der Waals surface area contributed by atoms with E-state index in [1.807, 2.05) is 4.90 Å². The molecule has 0 radical (unpaired) electrons. The van der Waals surface area contributed by atoms with Crippen LogP contribution in [0.4, 0.5) is 4.79 Å². The smallest absolute Gasteiger partial charge is 0.317 e. The molecular weight excluding hydrogens is 256 g/mol. The number of piperidine rings is 1. The van der Waals surface area contributed by atoms with Crippen molar-refractivity contribution >= 4 is 12.0 Å². The van der Waals surface area contributed by atoms with Crippen molar-refractivity contribution in [1.29, 1.82) is 0 Å². The molecule has 2 N–H and O–H groups in total. The van der Waals surface area contributed by atoms with Gasteiger partial charge in [-0.15, -0.1) is 0 Å². The zero-order valence-electron chi connectivity index (χ0n) is 12.6. The minimum atomic E-state index is -0.748. The molecule has 1 rings (SSSR count). The van der Waals surface area contributed by atoms with Crippen molar-refractivity contribution in [1.82, 2.24) is 10.2 Å². The van der Waals surface area contributed by atoms with E-state index in [9.17, 15) is 9.59 Å². The number of hydrogen-bond donors (Lipinski definition) is 2. The standard InChI is InChI=1S/C15H28N2O3/c1-2-3-4-5-10-16-15(20)17-11-6-7-13(12-17)8-9-14(18)19/h13H,2-12H2,1H3,(H,16,20)(H,18,19). The first-order valence-corrected chi connectivity index (χ1v) is 7.88. The Bertz CT molecular complexity index is 307. The van der Waals surface area contributed by atoms with E-state index in [-0.39, 0.29) is 12.5 Å². The van der Waals surface area contributed by atoms with Gasteiger partial charge in [-0.2, -0.15) is 0 Å². The number of hydrogen-bond acceptors (Lipinski definition) is 2. The second-order valence-electron chi connectivity index (χ2n) is 5.68. The number of nitrogens with one attached hydrogen (secondary N) is 1. The fraction of sp³-hybridized carbons (Fsp3) is 0.867. The van der Waals surface area contributed by atoms with Crippen LogP contribution in [0.1, 0.15) is 58.3 Å². The van der Waals surface area contributed by atoms with Gasteiger partial charge in [-0.05, 0) is 31.6 Å². The first kappa shape index (κ1) is 16.8. The highest BCUT2D eigenvalue weighted by molar-refractivity contribution is 5.74. The summed E-state index contributed by atoms with van der Waals surface area (Å²) in [7, 11) is 0. The quantitative estimate of drug-likeness (QED) is 0.673. The van der Waals surface area contributed by atoms with E-state index in [4.69, 9.17) is 5.11 Å². The summed E-state index contributed by atoms with van der Waals surface area (Å²) in [6.45, 7) is 4.41. The molecule has 2 amide bonds. The normalized spacial score (nSPS) is 18.9. The number of nitrogens with zero attached hydrogens (tertiary/aromatic N) is 1. The third kappa shape index (κ3) is 6.78. The number of likely N-dealkylation sites (tertiary alicyclic amines) is 1. The minimum absolute atomic E-state index is 0.0153. The van der Waals surface area contributed by atoms with Crippen LogP contribution in [0.2, 0.25) is 0 Å². The van der Waals surface area contributed by atoms with Gasteiger partial charge < -0.3 is 15.3 Å². The molecule has 0 aliphatic carbocycles. The number of unbranched alkanes of at least 4 members (excludes halogenated alkanes) is 3. The van der Waals surface area contributed by atoms with Crippen LogP contribution < -0.4 is 5.32 Å². The summed E-state index contributed by atoms with van der Waals surface area (Å²) in [5.74, 6) is -0.409. The molecule has 5 heteroatoms. The number of urea groups is 1. The predicted octanol–water partition coefficient (Wildman–Crippen LogP) is 2.85. The van der Waals surface area contributed by atoms with Crippen molar-refractivity contribution in [3.8, 4) is 0 Å². The summed E-state index contributed by atoms with van der Waals surface area (Å²) in [5, 5.41) is 11.7. The van der Waals surface area contributed by atoms with Crippen LogP contribution in [-0.2, 0) is 4.79 Å². The number of rotatable bonds is 8. The van der Waals surface area contributed by atoms with Crippen LogP contribution in [-0.4, -0.2) is 41.6 Å². The van der Waals surface area contributed by atoms with Gasteiger partial charge in [0, 0.05) is 26.1 Å². The maximum Gasteiger partial charge on any atom is 0.317 e. The summed E-state index contributed by atoms with van der Waals surface area (Å²) >= 11 is 0. The maximum atomic E-state index is 12.0. The number of carboxylic acid groups (broad SMARTS) is 1. The summed E-state index contributed by atoms with van der Waals surface area (Å²) in [6, 6.07) is 0.0153. The van der Waals surface area contributed by atoms with Gasteiger partial charge in [0.2, 0.25) is 0 Å². The van der Waals surface area contributed by atoms with Crippen LogP contribution in [0.3, 0.4) is 0 Å². The Hall–Kier alpha value is -1.26. The fourth-order valence-corrected chi connectivity index (χ4v) is 2.67. The van der Waals surface area contributed by atoms with Crippen LogP contribution >= 0.6 is 0 Å². The zero-order chi connectivity index (χ0) is 14.8. The fourth-order valence-electron chi connectivity index (χ4n) is 2.67. The zero-order valence-corrected chi connectivity index (χ0v) is 12.6. The number of carboxylic acids is 1. The van der Waals surface area contributed by atoms with Crippen LogP contribution in [0.15, 0.2) is 0 Å². The topological polar surface area (TPSA) is 69.6 Å². The van der Waals surface area contributed by atoms with E-state index in [2.05, 4.69) is 12.2 Å². The highest BCUT2D eigenvalue weighted by Crippen LogP contribution is 2.20. The molecule has 0 aromatic carbocycles. The Labute approximate surface area is 121 Å². The van der Waals surface area contributed by atoms with E-state index in [0.717, 1.165) is 38.8 Å². The number of carbonyl (C=O) groups is 2. The average Bonchev–Trinajstić information content (AvgIpc) is 2.45. The monoisotopic (exact) mass is 284 g/mol. The van der Waals surface area contributed by atoms with Crippen LogP contribution in [0.5, 0.6) is 0 Å². The SMILES string of the molecule is CCCCCCNC(=O)N1CCCC(CCC(=O)O)C1. The summed E-state index contributed by atoms with van der Waals surface area (Å²) in [5.41, 5.74) is 0. The Morgan fingerprint density at radius 1 is 1.30 bits per heavy atom. The van der Waals surface area contributed by atoms with E-state index in [1.54, 1.807) is 0 Å². The number of carbonyl (C=O) groups excluding carboxylic acids is 1. The van der Waals surface area contributed by atoms with Crippen molar-refractivity contribution in [2.24, 2.45) is 5.92 Å². The Balaban J connectivity index is 2.20. The van der Waals surface area contributed by atoms with Gasteiger partial charge in [0.15, 0.2) is 0 Å². The summed E-state index contributed by atoms with van der Waals surface area (Å²) in [4.78, 5) is 24.4. The Morgan fingerprint density at radius 3 is 2.80 bits per heavy atom. The van der Waals surface area contributed by atoms with Crippen molar-refractivity contribution < 1.29 is 14.7 Å². The second-order valence-corrected chi connectivity index (χ2v) is 5.68. The molecule has 20 heavy (non-hydrogen) atoms. The second kappa shape index (κ2) is 9.61. The van der Waals surface area contributed by atoms with Crippen molar-refractivity contribution in [2.75, 3.05) is 19.6 Å². The third-order valence-corrected chi connectivity index (χ3v) is 3.88. The molecule has 1 saturated heterocycles. The molecule has 1 fully saturated rings. The molecule has 116 valence electrons. The van der Waals surface area contributed by atoms with Gasteiger partial charge in [-0.1, -0.05) is 26.2 Å². The van der Waals surface area contributed by atoms with Gasteiger partial charge in [0.05, 0.1) is 0 Å². The van der Waals surface area contributed by atoms with Crippen LogP contribution in [0.25, 0.3) is 0 Å². The predicted molar refractivity (Wildman–Crippen MR) is 78.7 cm³/mol. The molecule has 1 atom stereocenters. The molecule has 0 aromatic heterocycles. The molecule has 1 aliphatic heterocycles. The highest BCUT2D eigenvalue weighted by atomic mass is 16.4. The third-order valence-electron chi connectivity index (χ3n) is 3.88. The average molecular weight is 284 g/mol. The lowest BCUT2D eigenvalue weighted by atomic mass is 9.93. The molecular formula is C15H28N2O3. The first-order chi connectivity index (χ1) is 9.63. The van der Waals surface area contributed by atoms with Crippen molar-refractivity contribution in [3.05, 3.63) is 0 Å². The largest absolute Gasteiger partial charge is 0.481 e. The van der Waals surface area contributed by atoms with Crippen molar-refractivity contribution in [3.63, 3.8) is 0 Å². The molecule has 0 saturated carbocycles. The lowest BCUT2D eigenvalue weighted by Crippen LogP contribution is -2.45. The maximum absolute atomic E-state index is 12.0. The van der Waals surface area contributed by atoms with E-state index >= 15 is 0 Å². The Kier molecular flexibility index (Phi) is 8.07. The Morgan fingerprint density at radius 2 is 2.10 bits per heavy atom. The van der Waals surface area contributed by atoms with Gasteiger partial charge in [0.1, 0.15) is 0 Å². The molecule has 0 bridgehead atoms. The highest BCUT2D eigenvalue weighted by Gasteiger charge is 2.23. The number of amides is 2. The summed E-state index contributed by atoms with van der Waals surface area (Å²) in [6.07, 6.45) is 7.52. The van der Waals surface area contributed by atoms with Gasteiger partial charge in [-0.3, -0.25) is 4.79 Å². The molecule has 1 aliphatic rings. The summed E-state index contributed by atoms with van der Waals surface area (Å²) < 4.78 is 0. The lowest BCUT2D eigenvalue weighted by molar-refractivity contribution is -0.137. The molecule has 1 heterocycles. The van der Waals surface area contributed by atoms with E-state index < -0.39 is 5.97 Å². The van der Waals surface area contributed by atoms with Crippen LogP contribution in [0, 0.1) is 5.92 Å². The number of aliphatic carboxylic acids is 1. The molecule has 0 aromatic rings. The molecule has 0 spiro atoms. The van der Waals surface area contributed by atoms with E-state index in [1.165, 1.54) is 12.8 Å². The minimum Gasteiger partial charge on any atom is -0.481 e. The molecule has 5 nitrogen and oxygen atoms in total. The van der Waals surface area contributed by atoms with Crippen molar-refractivity contribution in [2.45, 2.75) is 58.3 Å². The first-order valence-electron chi connectivity index (χ1n) is 7.88.